The van der Waals surface area contributed by atoms with Crippen LogP contribution in [-0.2, 0) is 16.4 Å². The minimum absolute atomic E-state index is 0.0628. The van der Waals surface area contributed by atoms with Crippen LogP contribution in [0, 0.1) is 5.92 Å². The lowest BCUT2D eigenvalue weighted by molar-refractivity contribution is 0.233. The molecule has 1 aliphatic rings. The molecule has 2 aromatic carbocycles. The largest absolute Gasteiger partial charge is 0.335 e. The average molecular weight is 499 g/mol. The van der Waals surface area contributed by atoms with E-state index in [2.05, 4.69) is 33.9 Å². The maximum absolute atomic E-state index is 12.3. The van der Waals surface area contributed by atoms with Crippen molar-refractivity contribution in [3.63, 3.8) is 0 Å². The van der Waals surface area contributed by atoms with Gasteiger partial charge in [-0.1, -0.05) is 44.5 Å². The van der Waals surface area contributed by atoms with Crippen LogP contribution in [-0.4, -0.2) is 30.5 Å². The van der Waals surface area contributed by atoms with Gasteiger partial charge in [-0.05, 0) is 74.3 Å². The van der Waals surface area contributed by atoms with Gasteiger partial charge >= 0.3 is 6.03 Å². The first-order valence-corrected chi connectivity index (χ1v) is 13.6. The summed E-state index contributed by atoms with van der Waals surface area (Å²) >= 11 is 0. The van der Waals surface area contributed by atoms with Crippen molar-refractivity contribution >= 4 is 27.0 Å². The number of para-hydroxylation sites is 1. The summed E-state index contributed by atoms with van der Waals surface area (Å²) in [6.07, 6.45) is 8.46. The van der Waals surface area contributed by atoms with Gasteiger partial charge < -0.3 is 10.3 Å². The molecule has 3 N–H and O–H groups in total. The maximum atomic E-state index is 12.3. The Balaban J connectivity index is 0.000000256. The second kappa shape index (κ2) is 12.5. The van der Waals surface area contributed by atoms with Crippen LogP contribution in [0.25, 0.3) is 10.9 Å². The van der Waals surface area contributed by atoms with E-state index in [4.69, 9.17) is 0 Å². The van der Waals surface area contributed by atoms with E-state index in [1.54, 1.807) is 18.2 Å². The van der Waals surface area contributed by atoms with Crippen molar-refractivity contribution in [2.24, 2.45) is 5.92 Å². The highest BCUT2D eigenvalue weighted by atomic mass is 32.2. The van der Waals surface area contributed by atoms with Gasteiger partial charge in [-0.25, -0.2) is 22.9 Å². The summed E-state index contributed by atoms with van der Waals surface area (Å²) in [6.45, 7) is 4.32. The summed E-state index contributed by atoms with van der Waals surface area (Å²) in [5.41, 5.74) is 1.75. The molecule has 1 heterocycles. The van der Waals surface area contributed by atoms with Gasteiger partial charge in [0.15, 0.2) is 0 Å². The number of hydrogen-bond donors (Lipinski definition) is 3. The first-order chi connectivity index (χ1) is 16.8. The summed E-state index contributed by atoms with van der Waals surface area (Å²) in [6, 6.07) is 13.4. The number of fused-ring (bicyclic) bond motifs is 1. The van der Waals surface area contributed by atoms with Gasteiger partial charge in [0.1, 0.15) is 0 Å². The highest BCUT2D eigenvalue weighted by Crippen LogP contribution is 2.23. The molecule has 1 saturated carbocycles. The fraction of sp³-hybridized carbons (Fsp3) is 0.423. The minimum atomic E-state index is -3.82. The molecule has 0 radical (unpaired) electrons. The molecule has 35 heavy (non-hydrogen) atoms. The number of sulfonamides is 1. The zero-order valence-corrected chi connectivity index (χ0v) is 21.1. The number of amides is 2. The molecule has 0 saturated heterocycles. The van der Waals surface area contributed by atoms with Crippen molar-refractivity contribution in [3.05, 3.63) is 70.8 Å². The van der Waals surface area contributed by atoms with Gasteiger partial charge in [0, 0.05) is 6.04 Å². The number of aryl methyl sites for hydroxylation is 1. The smallest absolute Gasteiger partial charge is 0.328 e. The molecule has 0 atom stereocenters. The third kappa shape index (κ3) is 7.92. The second-order valence-corrected chi connectivity index (χ2v) is 10.7. The standard InChI is InChI=1S/C18H28N2O3S.C8H6N2O/c1-3-4-5-15-8-12-17(13-9-15)24(22,23)20-18(21)19-16-10-6-14(2)7-11-16;11-8-6-3-1-2-4-7(6)9-5-10-8/h8-9,12-14,16H,3-7,10-11H2,1-2H3,(H2,19,20,21);1-5H,(H,9,10,11). The highest BCUT2D eigenvalue weighted by Gasteiger charge is 2.22. The topological polar surface area (TPSA) is 121 Å². The van der Waals surface area contributed by atoms with Crippen LogP contribution < -0.4 is 15.6 Å². The summed E-state index contributed by atoms with van der Waals surface area (Å²) in [4.78, 5) is 29.7. The lowest BCUT2D eigenvalue weighted by Crippen LogP contribution is -2.45. The van der Waals surface area contributed by atoms with Crippen molar-refractivity contribution in [2.45, 2.75) is 69.7 Å². The molecule has 1 fully saturated rings. The molecule has 2 amide bonds. The molecule has 0 spiro atoms. The SMILES string of the molecule is CCCCc1ccc(S(=O)(=O)NC(=O)NC2CCC(C)CC2)cc1.O=c1[nH]cnc2ccccc12. The minimum Gasteiger partial charge on any atom is -0.335 e. The van der Waals surface area contributed by atoms with Crippen LogP contribution in [0.2, 0.25) is 0 Å². The Morgan fingerprint density at radius 2 is 1.74 bits per heavy atom. The van der Waals surface area contributed by atoms with Crippen LogP contribution in [0.4, 0.5) is 4.79 Å². The zero-order valence-electron chi connectivity index (χ0n) is 20.3. The summed E-state index contributed by atoms with van der Waals surface area (Å²) in [5, 5.41) is 3.41. The Bertz CT molecular complexity index is 1260. The van der Waals surface area contributed by atoms with Crippen molar-refractivity contribution in [2.75, 3.05) is 0 Å². The average Bonchev–Trinajstić information content (AvgIpc) is 2.85. The van der Waals surface area contributed by atoms with E-state index in [0.29, 0.717) is 11.3 Å². The summed E-state index contributed by atoms with van der Waals surface area (Å²) in [5.74, 6) is 0.682. The fourth-order valence-electron chi connectivity index (χ4n) is 4.03. The van der Waals surface area contributed by atoms with Gasteiger partial charge in [0.05, 0.1) is 22.1 Å². The number of nitrogens with zero attached hydrogens (tertiary/aromatic N) is 1. The van der Waals surface area contributed by atoms with Crippen LogP contribution in [0.15, 0.2) is 64.5 Å². The Morgan fingerprint density at radius 1 is 1.06 bits per heavy atom. The number of carbonyl (C=O) groups excluding carboxylic acids is 1. The number of nitrogens with one attached hydrogen (secondary N) is 3. The van der Waals surface area contributed by atoms with Gasteiger partial charge in [-0.3, -0.25) is 4.79 Å². The van der Waals surface area contributed by atoms with E-state index in [-0.39, 0.29) is 16.5 Å². The van der Waals surface area contributed by atoms with E-state index in [9.17, 15) is 18.0 Å². The molecule has 4 rings (SSSR count). The molecule has 188 valence electrons. The van der Waals surface area contributed by atoms with E-state index in [0.717, 1.165) is 56.0 Å². The number of rotatable bonds is 6. The number of aromatic amines is 1. The third-order valence-corrected chi connectivity index (χ3v) is 7.53. The Morgan fingerprint density at radius 3 is 2.40 bits per heavy atom. The number of aromatic nitrogens is 2. The zero-order chi connectivity index (χ0) is 25.3. The normalized spacial score (nSPS) is 17.8. The third-order valence-electron chi connectivity index (χ3n) is 6.18. The van der Waals surface area contributed by atoms with Gasteiger partial charge in [-0.15, -0.1) is 0 Å². The number of hydrogen-bond acceptors (Lipinski definition) is 5. The van der Waals surface area contributed by atoms with Gasteiger partial charge in [0.2, 0.25) is 0 Å². The quantitative estimate of drug-likeness (QED) is 0.461. The Kier molecular flexibility index (Phi) is 9.42. The molecule has 0 bridgehead atoms. The predicted molar refractivity (Wildman–Crippen MR) is 138 cm³/mol. The summed E-state index contributed by atoms with van der Waals surface area (Å²) in [7, 11) is -3.82. The molecule has 1 aliphatic carbocycles. The van der Waals surface area contributed by atoms with Crippen LogP contribution in [0.3, 0.4) is 0 Å². The van der Waals surface area contributed by atoms with Crippen LogP contribution in [0.1, 0.15) is 57.9 Å². The molecule has 9 heteroatoms. The lowest BCUT2D eigenvalue weighted by Gasteiger charge is -2.26. The molecular weight excluding hydrogens is 464 g/mol. The van der Waals surface area contributed by atoms with Crippen molar-refractivity contribution in [1.29, 1.82) is 0 Å². The molecule has 0 unspecified atom stereocenters. The van der Waals surface area contributed by atoms with Gasteiger partial charge in [0.25, 0.3) is 15.6 Å². The number of H-pyrrole nitrogens is 1. The first kappa shape index (κ1) is 26.4. The summed E-state index contributed by atoms with van der Waals surface area (Å²) < 4.78 is 26.7. The lowest BCUT2D eigenvalue weighted by atomic mass is 9.87. The van der Waals surface area contributed by atoms with Crippen molar-refractivity contribution in [1.82, 2.24) is 20.0 Å². The number of carbonyl (C=O) groups is 1. The molecule has 8 nitrogen and oxygen atoms in total. The monoisotopic (exact) mass is 498 g/mol. The molecule has 3 aromatic rings. The van der Waals surface area contributed by atoms with Crippen LogP contribution in [0.5, 0.6) is 0 Å². The first-order valence-electron chi connectivity index (χ1n) is 12.1. The Labute approximate surface area is 206 Å². The van der Waals surface area contributed by atoms with Gasteiger partial charge in [-0.2, -0.15) is 0 Å². The van der Waals surface area contributed by atoms with Crippen LogP contribution >= 0.6 is 0 Å². The maximum Gasteiger partial charge on any atom is 0.328 e. The molecule has 1 aromatic heterocycles. The van der Waals surface area contributed by atoms with E-state index in [1.807, 2.05) is 30.3 Å². The predicted octanol–water partition coefficient (Wildman–Crippen LogP) is 4.52. The highest BCUT2D eigenvalue weighted by molar-refractivity contribution is 7.90. The molecular formula is C26H34N4O4S. The van der Waals surface area contributed by atoms with E-state index < -0.39 is 16.1 Å². The fourth-order valence-corrected chi connectivity index (χ4v) is 4.95. The van der Waals surface area contributed by atoms with E-state index >= 15 is 0 Å². The van der Waals surface area contributed by atoms with E-state index in [1.165, 1.54) is 6.33 Å². The Hall–Kier alpha value is -3.20. The number of urea groups is 1. The van der Waals surface area contributed by atoms with Crippen molar-refractivity contribution in [3.8, 4) is 0 Å². The second-order valence-electron chi connectivity index (χ2n) is 9.03. The molecule has 0 aliphatic heterocycles. The number of benzene rings is 2. The number of unbranched alkanes of at least 4 members (excludes halogenated alkanes) is 1. The van der Waals surface area contributed by atoms with Crippen molar-refractivity contribution < 1.29 is 13.2 Å².